The highest BCUT2D eigenvalue weighted by atomic mass is 32.2. The van der Waals surface area contributed by atoms with E-state index in [2.05, 4.69) is 4.72 Å². The number of rotatable bonds is 8. The number of nitro benzene ring substituents is 1. The van der Waals surface area contributed by atoms with Crippen molar-refractivity contribution in [2.75, 3.05) is 13.7 Å². The van der Waals surface area contributed by atoms with Gasteiger partial charge in [-0.2, -0.15) is 0 Å². The van der Waals surface area contributed by atoms with E-state index in [4.69, 9.17) is 4.74 Å². The van der Waals surface area contributed by atoms with Gasteiger partial charge in [-0.1, -0.05) is 42.5 Å². The van der Waals surface area contributed by atoms with Gasteiger partial charge in [0.2, 0.25) is 10.0 Å². The van der Waals surface area contributed by atoms with Crippen LogP contribution in [0.5, 0.6) is 0 Å². The van der Waals surface area contributed by atoms with Gasteiger partial charge in [-0.25, -0.2) is 13.1 Å². The number of methoxy groups -OCH3 is 1. The molecule has 2 aromatic rings. The highest BCUT2D eigenvalue weighted by Gasteiger charge is 2.27. The molecule has 0 unspecified atom stereocenters. The van der Waals surface area contributed by atoms with Crippen molar-refractivity contribution >= 4 is 15.7 Å². The number of benzene rings is 2. The average Bonchev–Trinajstić information content (AvgIpc) is 2.55. The first-order chi connectivity index (χ1) is 11.4. The van der Waals surface area contributed by atoms with E-state index in [9.17, 15) is 18.5 Å². The summed E-state index contributed by atoms with van der Waals surface area (Å²) in [6, 6.07) is 14.0. The monoisotopic (exact) mass is 350 g/mol. The fourth-order valence-corrected chi connectivity index (χ4v) is 3.75. The van der Waals surface area contributed by atoms with Crippen molar-refractivity contribution in [2.45, 2.75) is 17.4 Å². The van der Waals surface area contributed by atoms with E-state index in [0.717, 1.165) is 11.6 Å². The van der Waals surface area contributed by atoms with Gasteiger partial charge in [0.15, 0.2) is 4.90 Å². The van der Waals surface area contributed by atoms with Gasteiger partial charge in [-0.3, -0.25) is 10.1 Å². The predicted octanol–water partition coefficient (Wildman–Crippen LogP) is 2.13. The summed E-state index contributed by atoms with van der Waals surface area (Å²) >= 11 is 0. The summed E-state index contributed by atoms with van der Waals surface area (Å²) in [5.74, 6) is 0. The van der Waals surface area contributed by atoms with E-state index in [1.807, 2.05) is 30.3 Å². The van der Waals surface area contributed by atoms with Crippen LogP contribution in [-0.2, 0) is 21.2 Å². The molecule has 2 rings (SSSR count). The summed E-state index contributed by atoms with van der Waals surface area (Å²) in [6.45, 7) is 0.148. The topological polar surface area (TPSA) is 98.5 Å². The van der Waals surface area contributed by atoms with E-state index in [0.29, 0.717) is 6.42 Å². The number of nitrogens with zero attached hydrogens (tertiary/aromatic N) is 1. The minimum Gasteiger partial charge on any atom is -0.383 e. The Balaban J connectivity index is 2.26. The molecule has 8 heteroatoms. The summed E-state index contributed by atoms with van der Waals surface area (Å²) in [7, 11) is -2.58. The number of hydrogen-bond acceptors (Lipinski definition) is 5. The molecule has 0 saturated heterocycles. The first kappa shape index (κ1) is 18.1. The first-order valence-electron chi connectivity index (χ1n) is 7.22. The molecule has 128 valence electrons. The summed E-state index contributed by atoms with van der Waals surface area (Å²) < 4.78 is 32.7. The van der Waals surface area contributed by atoms with Gasteiger partial charge < -0.3 is 4.74 Å². The van der Waals surface area contributed by atoms with Crippen LogP contribution in [0.1, 0.15) is 5.56 Å². The zero-order valence-electron chi connectivity index (χ0n) is 13.1. The number of para-hydroxylation sites is 1. The fourth-order valence-electron chi connectivity index (χ4n) is 2.35. The Morgan fingerprint density at radius 3 is 2.38 bits per heavy atom. The van der Waals surface area contributed by atoms with Crippen LogP contribution in [0.25, 0.3) is 0 Å². The minimum absolute atomic E-state index is 0.148. The van der Waals surface area contributed by atoms with E-state index < -0.39 is 26.7 Å². The van der Waals surface area contributed by atoms with Crippen LogP contribution in [-0.4, -0.2) is 33.1 Å². The number of sulfonamides is 1. The normalized spacial score (nSPS) is 12.7. The third-order valence-electron chi connectivity index (χ3n) is 3.37. The molecule has 0 spiro atoms. The van der Waals surface area contributed by atoms with Crippen molar-refractivity contribution in [3.05, 3.63) is 70.3 Å². The van der Waals surface area contributed by atoms with Crippen molar-refractivity contribution in [2.24, 2.45) is 0 Å². The van der Waals surface area contributed by atoms with Crippen LogP contribution in [0.2, 0.25) is 0 Å². The number of ether oxygens (including phenoxy) is 1. The zero-order chi connectivity index (χ0) is 17.6. The first-order valence-corrected chi connectivity index (χ1v) is 8.71. The van der Waals surface area contributed by atoms with Crippen molar-refractivity contribution in [3.63, 3.8) is 0 Å². The van der Waals surface area contributed by atoms with Crippen LogP contribution in [0.3, 0.4) is 0 Å². The average molecular weight is 350 g/mol. The minimum atomic E-state index is -4.05. The largest absolute Gasteiger partial charge is 0.383 e. The summed E-state index contributed by atoms with van der Waals surface area (Å²) in [5, 5.41) is 11.1. The molecule has 0 aliphatic carbocycles. The molecule has 0 amide bonds. The SMILES string of the molecule is COC[C@H](Cc1ccccc1)NS(=O)(=O)c1ccccc1[N+](=O)[O-]. The molecule has 0 bridgehead atoms. The third kappa shape index (κ3) is 4.60. The van der Waals surface area contributed by atoms with E-state index in [1.54, 1.807) is 0 Å². The van der Waals surface area contributed by atoms with Crippen molar-refractivity contribution < 1.29 is 18.1 Å². The van der Waals surface area contributed by atoms with E-state index in [-0.39, 0.29) is 11.5 Å². The molecular weight excluding hydrogens is 332 g/mol. The molecule has 0 heterocycles. The van der Waals surface area contributed by atoms with Gasteiger partial charge in [-0.15, -0.1) is 0 Å². The van der Waals surface area contributed by atoms with E-state index in [1.165, 1.54) is 25.3 Å². The summed E-state index contributed by atoms with van der Waals surface area (Å²) in [5.41, 5.74) is 0.477. The van der Waals surface area contributed by atoms with Gasteiger partial charge >= 0.3 is 0 Å². The maximum atomic E-state index is 12.6. The Labute approximate surface area is 140 Å². The van der Waals surface area contributed by atoms with Crippen LogP contribution >= 0.6 is 0 Å². The lowest BCUT2D eigenvalue weighted by Gasteiger charge is -2.18. The number of nitro groups is 1. The van der Waals surface area contributed by atoms with Crippen molar-refractivity contribution in [1.29, 1.82) is 0 Å². The predicted molar refractivity (Wildman–Crippen MR) is 89.2 cm³/mol. The molecule has 24 heavy (non-hydrogen) atoms. The molecule has 0 fully saturated rings. The smallest absolute Gasteiger partial charge is 0.289 e. The van der Waals surface area contributed by atoms with Gasteiger partial charge in [0.1, 0.15) is 0 Å². The molecule has 1 atom stereocenters. The van der Waals surface area contributed by atoms with Gasteiger partial charge in [0.05, 0.1) is 11.5 Å². The third-order valence-corrected chi connectivity index (χ3v) is 4.93. The molecule has 0 saturated carbocycles. The van der Waals surface area contributed by atoms with E-state index >= 15 is 0 Å². The van der Waals surface area contributed by atoms with Crippen LogP contribution in [0, 0.1) is 10.1 Å². The quantitative estimate of drug-likeness (QED) is 0.581. The highest BCUT2D eigenvalue weighted by molar-refractivity contribution is 7.89. The second-order valence-electron chi connectivity index (χ2n) is 5.19. The second kappa shape index (κ2) is 8.00. The maximum Gasteiger partial charge on any atom is 0.289 e. The Hall–Kier alpha value is -2.29. The van der Waals surface area contributed by atoms with Gasteiger partial charge in [0.25, 0.3) is 5.69 Å². The molecule has 7 nitrogen and oxygen atoms in total. The van der Waals surface area contributed by atoms with Crippen LogP contribution in [0.4, 0.5) is 5.69 Å². The molecule has 0 radical (unpaired) electrons. The maximum absolute atomic E-state index is 12.6. The lowest BCUT2D eigenvalue weighted by molar-refractivity contribution is -0.387. The second-order valence-corrected chi connectivity index (χ2v) is 6.87. The lowest BCUT2D eigenvalue weighted by Crippen LogP contribution is -2.39. The number of nitrogens with one attached hydrogen (secondary N) is 1. The Kier molecular flexibility index (Phi) is 6.02. The van der Waals surface area contributed by atoms with Crippen LogP contribution < -0.4 is 4.72 Å². The molecular formula is C16H18N2O5S. The zero-order valence-corrected chi connectivity index (χ0v) is 13.9. The number of hydrogen-bond donors (Lipinski definition) is 1. The summed E-state index contributed by atoms with van der Waals surface area (Å²) in [4.78, 5) is 9.99. The molecule has 0 aliphatic rings. The van der Waals surface area contributed by atoms with Crippen molar-refractivity contribution in [3.8, 4) is 0 Å². The Morgan fingerprint density at radius 1 is 1.12 bits per heavy atom. The van der Waals surface area contributed by atoms with Gasteiger partial charge in [-0.05, 0) is 18.1 Å². The van der Waals surface area contributed by atoms with Crippen molar-refractivity contribution in [1.82, 2.24) is 4.72 Å². The molecule has 0 aliphatic heterocycles. The summed E-state index contributed by atoms with van der Waals surface area (Å²) in [6.07, 6.45) is 0.411. The Morgan fingerprint density at radius 2 is 1.75 bits per heavy atom. The molecule has 2 aromatic carbocycles. The standard InChI is InChI=1S/C16H18N2O5S/c1-23-12-14(11-13-7-3-2-4-8-13)17-24(21,22)16-10-6-5-9-15(16)18(19)20/h2-10,14,17H,11-12H2,1H3/t14-/m0/s1. The molecule has 0 aromatic heterocycles. The van der Waals surface area contributed by atoms with Crippen LogP contribution in [0.15, 0.2) is 59.5 Å². The Bertz CT molecular complexity index is 793. The highest BCUT2D eigenvalue weighted by Crippen LogP contribution is 2.23. The lowest BCUT2D eigenvalue weighted by atomic mass is 10.1. The fraction of sp³-hybridized carbons (Fsp3) is 0.250. The van der Waals surface area contributed by atoms with Gasteiger partial charge in [0, 0.05) is 19.2 Å². The molecule has 1 N–H and O–H groups in total.